The molecule has 1 unspecified atom stereocenters. The van der Waals surface area contributed by atoms with Crippen molar-refractivity contribution >= 4 is 43.5 Å². The predicted octanol–water partition coefficient (Wildman–Crippen LogP) is 3.65. The average molecular weight is 379 g/mol. The zero-order valence-corrected chi connectivity index (χ0v) is 12.9. The van der Waals surface area contributed by atoms with Crippen molar-refractivity contribution in [2.24, 2.45) is 12.8 Å². The molecule has 0 aliphatic heterocycles. The van der Waals surface area contributed by atoms with Crippen LogP contribution in [0.25, 0.3) is 0 Å². The number of halogens is 3. The lowest BCUT2D eigenvalue weighted by molar-refractivity contribution is 0.670. The molecule has 1 heterocycles. The van der Waals surface area contributed by atoms with Crippen LogP contribution in [0.4, 0.5) is 0 Å². The van der Waals surface area contributed by atoms with Gasteiger partial charge in [0.15, 0.2) is 0 Å². The summed E-state index contributed by atoms with van der Waals surface area (Å²) >= 11 is 12.9. The maximum atomic E-state index is 6.25. The summed E-state index contributed by atoms with van der Waals surface area (Å²) in [6.07, 6.45) is 1.73. The summed E-state index contributed by atoms with van der Waals surface area (Å²) in [4.78, 5) is 0. The van der Waals surface area contributed by atoms with Crippen LogP contribution < -0.4 is 5.73 Å². The van der Waals surface area contributed by atoms with Gasteiger partial charge >= 0.3 is 0 Å². The first-order chi connectivity index (χ1) is 8.00. The lowest BCUT2D eigenvalue weighted by atomic mass is 10.0. The van der Waals surface area contributed by atoms with Crippen molar-refractivity contribution < 1.29 is 0 Å². The van der Waals surface area contributed by atoms with Crippen molar-refractivity contribution in [3.63, 3.8) is 0 Å². The first-order valence-corrected chi connectivity index (χ1v) is 6.85. The molecule has 0 saturated carbocycles. The number of aromatic nitrogens is 2. The van der Waals surface area contributed by atoms with E-state index in [2.05, 4.69) is 37.0 Å². The molecular formula is C11H10Br2ClN3. The molecule has 0 radical (unpaired) electrons. The van der Waals surface area contributed by atoms with Gasteiger partial charge in [-0.05, 0) is 39.7 Å². The first kappa shape index (κ1) is 13.1. The lowest BCUT2D eigenvalue weighted by Gasteiger charge is -2.15. The number of aryl methyl sites for hydroxylation is 1. The molecule has 1 aromatic carbocycles. The van der Waals surface area contributed by atoms with Gasteiger partial charge in [-0.25, -0.2) is 0 Å². The predicted molar refractivity (Wildman–Crippen MR) is 76.1 cm³/mol. The molecule has 1 aromatic heterocycles. The highest BCUT2D eigenvalue weighted by atomic mass is 79.9. The molecule has 0 aliphatic carbocycles. The Morgan fingerprint density at radius 2 is 2.06 bits per heavy atom. The molecule has 6 heteroatoms. The van der Waals surface area contributed by atoms with Crippen LogP contribution >= 0.6 is 43.5 Å². The van der Waals surface area contributed by atoms with Gasteiger partial charge in [0.05, 0.1) is 22.4 Å². The Morgan fingerprint density at radius 1 is 1.35 bits per heavy atom. The van der Waals surface area contributed by atoms with E-state index < -0.39 is 0 Å². The Balaban J connectivity index is 2.50. The molecule has 2 rings (SSSR count). The molecule has 3 nitrogen and oxygen atoms in total. The Morgan fingerprint density at radius 3 is 2.65 bits per heavy atom. The highest BCUT2D eigenvalue weighted by Gasteiger charge is 2.19. The van der Waals surface area contributed by atoms with Gasteiger partial charge in [-0.1, -0.05) is 27.5 Å². The standard InChI is InChI=1S/C11H10Br2ClN3/c1-17-11(9(13)5-16-17)10(15)7-4-6(14)2-3-8(7)12/h2-5,10H,15H2,1H3. The summed E-state index contributed by atoms with van der Waals surface area (Å²) in [5.74, 6) is 0. The minimum absolute atomic E-state index is 0.287. The fourth-order valence-electron chi connectivity index (χ4n) is 1.67. The molecular weight excluding hydrogens is 369 g/mol. The molecule has 0 aliphatic rings. The number of hydrogen-bond acceptors (Lipinski definition) is 2. The van der Waals surface area contributed by atoms with Crippen LogP contribution in [0, 0.1) is 0 Å². The third-order valence-corrected chi connectivity index (χ3v) is 4.09. The summed E-state index contributed by atoms with van der Waals surface area (Å²) < 4.78 is 3.57. The Bertz CT molecular complexity index is 534. The number of rotatable bonds is 2. The third kappa shape index (κ3) is 2.57. The third-order valence-electron chi connectivity index (χ3n) is 2.53. The maximum Gasteiger partial charge on any atom is 0.0746 e. The molecule has 0 amide bonds. The van der Waals surface area contributed by atoms with Gasteiger partial charge in [0.2, 0.25) is 0 Å². The van der Waals surface area contributed by atoms with E-state index in [1.54, 1.807) is 10.9 Å². The topological polar surface area (TPSA) is 43.8 Å². The highest BCUT2D eigenvalue weighted by Crippen LogP contribution is 2.32. The summed E-state index contributed by atoms with van der Waals surface area (Å²) in [6.45, 7) is 0. The number of nitrogens with zero attached hydrogens (tertiary/aromatic N) is 2. The molecule has 0 saturated heterocycles. The van der Waals surface area contributed by atoms with Gasteiger partial charge in [-0.15, -0.1) is 0 Å². The van der Waals surface area contributed by atoms with E-state index in [-0.39, 0.29) is 6.04 Å². The van der Waals surface area contributed by atoms with E-state index in [0.29, 0.717) is 5.02 Å². The fraction of sp³-hybridized carbons (Fsp3) is 0.182. The van der Waals surface area contributed by atoms with E-state index >= 15 is 0 Å². The number of benzene rings is 1. The summed E-state index contributed by atoms with van der Waals surface area (Å²) in [6, 6.07) is 5.28. The van der Waals surface area contributed by atoms with Crippen LogP contribution in [-0.2, 0) is 7.05 Å². The van der Waals surface area contributed by atoms with E-state index in [0.717, 1.165) is 20.2 Å². The lowest BCUT2D eigenvalue weighted by Crippen LogP contribution is -2.17. The van der Waals surface area contributed by atoms with Gasteiger partial charge in [-0.2, -0.15) is 5.10 Å². The second-order valence-electron chi connectivity index (χ2n) is 3.64. The van der Waals surface area contributed by atoms with Gasteiger partial charge in [0, 0.05) is 16.5 Å². The fourth-order valence-corrected chi connectivity index (χ4v) is 2.94. The van der Waals surface area contributed by atoms with Crippen molar-refractivity contribution in [2.75, 3.05) is 0 Å². The van der Waals surface area contributed by atoms with Crippen molar-refractivity contribution in [2.45, 2.75) is 6.04 Å². The number of hydrogen-bond donors (Lipinski definition) is 1. The SMILES string of the molecule is Cn1ncc(Br)c1C(N)c1cc(Cl)ccc1Br. The minimum atomic E-state index is -0.287. The van der Waals surface area contributed by atoms with Crippen LogP contribution in [-0.4, -0.2) is 9.78 Å². The second kappa shape index (κ2) is 5.10. The second-order valence-corrected chi connectivity index (χ2v) is 5.79. The van der Waals surface area contributed by atoms with E-state index in [9.17, 15) is 0 Å². The Hall–Kier alpha value is -0.360. The van der Waals surface area contributed by atoms with E-state index in [1.807, 2.05) is 25.2 Å². The van der Waals surface area contributed by atoms with Crippen LogP contribution in [0.15, 0.2) is 33.3 Å². The zero-order chi connectivity index (χ0) is 12.6. The molecule has 2 aromatic rings. The number of nitrogens with two attached hydrogens (primary N) is 1. The Kier molecular flexibility index (Phi) is 3.92. The monoisotopic (exact) mass is 377 g/mol. The van der Waals surface area contributed by atoms with Crippen molar-refractivity contribution in [3.05, 3.63) is 49.6 Å². The zero-order valence-electron chi connectivity index (χ0n) is 8.99. The van der Waals surface area contributed by atoms with Gasteiger partial charge in [0.25, 0.3) is 0 Å². The summed E-state index contributed by atoms with van der Waals surface area (Å²) in [5.41, 5.74) is 8.10. The van der Waals surface area contributed by atoms with Crippen LogP contribution in [0.2, 0.25) is 5.02 Å². The quantitative estimate of drug-likeness (QED) is 0.866. The maximum absolute atomic E-state index is 6.25. The van der Waals surface area contributed by atoms with Gasteiger partial charge in [0.1, 0.15) is 0 Å². The van der Waals surface area contributed by atoms with Crippen molar-refractivity contribution in [1.29, 1.82) is 0 Å². The van der Waals surface area contributed by atoms with Gasteiger partial charge in [-0.3, -0.25) is 4.68 Å². The highest BCUT2D eigenvalue weighted by molar-refractivity contribution is 9.10. The van der Waals surface area contributed by atoms with Crippen molar-refractivity contribution in [3.8, 4) is 0 Å². The summed E-state index contributed by atoms with van der Waals surface area (Å²) in [5, 5.41) is 4.82. The average Bonchev–Trinajstić information content (AvgIpc) is 2.61. The normalized spacial score (nSPS) is 12.8. The molecule has 0 bridgehead atoms. The first-order valence-electron chi connectivity index (χ1n) is 4.88. The minimum Gasteiger partial charge on any atom is -0.319 e. The molecule has 17 heavy (non-hydrogen) atoms. The largest absolute Gasteiger partial charge is 0.319 e. The molecule has 0 spiro atoms. The van der Waals surface area contributed by atoms with E-state index in [4.69, 9.17) is 17.3 Å². The molecule has 90 valence electrons. The molecule has 1 atom stereocenters. The molecule has 0 fully saturated rings. The Labute approximate surface area is 121 Å². The van der Waals surface area contributed by atoms with Gasteiger partial charge < -0.3 is 5.73 Å². The van der Waals surface area contributed by atoms with Crippen LogP contribution in [0.3, 0.4) is 0 Å². The van der Waals surface area contributed by atoms with Crippen LogP contribution in [0.5, 0.6) is 0 Å². The van der Waals surface area contributed by atoms with Crippen LogP contribution in [0.1, 0.15) is 17.3 Å². The van der Waals surface area contributed by atoms with E-state index in [1.165, 1.54) is 0 Å². The summed E-state index contributed by atoms with van der Waals surface area (Å²) in [7, 11) is 1.86. The van der Waals surface area contributed by atoms with Crippen molar-refractivity contribution in [1.82, 2.24) is 9.78 Å². The molecule has 2 N–H and O–H groups in total. The smallest absolute Gasteiger partial charge is 0.0746 e.